The number of fused-ring (bicyclic) bond motifs is 1. The first kappa shape index (κ1) is 11.2. The summed E-state index contributed by atoms with van der Waals surface area (Å²) < 4.78 is 0. The molecular weight excluding hydrogens is 180 g/mol. The van der Waals surface area contributed by atoms with Gasteiger partial charge < -0.3 is 0 Å². The lowest BCUT2D eigenvalue weighted by Crippen LogP contribution is -2.38. The molecule has 0 aliphatic heterocycles. The van der Waals surface area contributed by atoms with Gasteiger partial charge in [0.2, 0.25) is 0 Å². The lowest BCUT2D eigenvalue weighted by atomic mass is 9.57. The first-order valence-electron chi connectivity index (χ1n) is 6.69. The van der Waals surface area contributed by atoms with Gasteiger partial charge in [-0.05, 0) is 62.2 Å². The number of rotatable bonds is 1. The molecular formula is C15H26. The third-order valence-electron chi connectivity index (χ3n) is 5.14. The second-order valence-electron chi connectivity index (χ2n) is 6.47. The van der Waals surface area contributed by atoms with E-state index in [1.54, 1.807) is 5.57 Å². The van der Waals surface area contributed by atoms with E-state index in [9.17, 15) is 0 Å². The summed E-state index contributed by atoms with van der Waals surface area (Å²) in [5.74, 6) is 2.75. The molecule has 1 saturated carbocycles. The van der Waals surface area contributed by atoms with Crippen LogP contribution in [0.3, 0.4) is 0 Å². The zero-order chi connectivity index (χ0) is 11.1. The van der Waals surface area contributed by atoms with Crippen LogP contribution in [0.4, 0.5) is 0 Å². The Labute approximate surface area is 95.1 Å². The highest BCUT2D eigenvalue weighted by atomic mass is 14.5. The van der Waals surface area contributed by atoms with Gasteiger partial charge in [-0.3, -0.25) is 0 Å². The monoisotopic (exact) mass is 206 g/mol. The second-order valence-corrected chi connectivity index (χ2v) is 6.47. The van der Waals surface area contributed by atoms with Gasteiger partial charge in [-0.2, -0.15) is 0 Å². The van der Waals surface area contributed by atoms with Gasteiger partial charge in [-0.15, -0.1) is 0 Å². The van der Waals surface area contributed by atoms with Crippen LogP contribution in [-0.4, -0.2) is 0 Å². The highest BCUT2D eigenvalue weighted by Gasteiger charge is 2.42. The summed E-state index contributed by atoms with van der Waals surface area (Å²) in [4.78, 5) is 0. The fourth-order valence-corrected chi connectivity index (χ4v) is 3.81. The molecule has 2 aliphatic rings. The molecule has 0 saturated heterocycles. The van der Waals surface area contributed by atoms with E-state index in [-0.39, 0.29) is 0 Å². The lowest BCUT2D eigenvalue weighted by molar-refractivity contribution is 0.0706. The molecule has 0 bridgehead atoms. The zero-order valence-electron chi connectivity index (χ0n) is 10.8. The first-order valence-corrected chi connectivity index (χ1v) is 6.69. The summed E-state index contributed by atoms with van der Waals surface area (Å²) in [6.07, 6.45) is 9.64. The van der Waals surface area contributed by atoms with E-state index in [0.717, 1.165) is 17.8 Å². The number of hydrogen-bond donors (Lipinski definition) is 0. The van der Waals surface area contributed by atoms with Crippen molar-refractivity contribution in [2.45, 2.75) is 59.8 Å². The van der Waals surface area contributed by atoms with Gasteiger partial charge in [0.15, 0.2) is 0 Å². The van der Waals surface area contributed by atoms with Crippen molar-refractivity contribution in [3.05, 3.63) is 11.6 Å². The minimum atomic E-state index is 0.643. The van der Waals surface area contributed by atoms with E-state index >= 15 is 0 Å². The van der Waals surface area contributed by atoms with Crippen LogP contribution in [0.25, 0.3) is 0 Å². The van der Waals surface area contributed by atoms with E-state index in [1.807, 2.05) is 0 Å². The zero-order valence-corrected chi connectivity index (χ0v) is 10.8. The van der Waals surface area contributed by atoms with Gasteiger partial charge >= 0.3 is 0 Å². The quantitative estimate of drug-likeness (QED) is 0.540. The molecule has 0 spiro atoms. The summed E-state index contributed by atoms with van der Waals surface area (Å²) in [5, 5.41) is 0. The molecule has 0 heteroatoms. The van der Waals surface area contributed by atoms with Crippen molar-refractivity contribution in [2.75, 3.05) is 0 Å². The fraction of sp³-hybridized carbons (Fsp3) is 0.867. The standard InChI is InChI=1S/C15H26/c1-11(2)13-7-9-15(4)8-5-6-12(3)14(15)10-13/h6,11,13-14H,5,7-10H2,1-4H3/t13-,14+,15-/m1/s1. The Kier molecular flexibility index (Phi) is 2.96. The maximum atomic E-state index is 2.53. The Morgan fingerprint density at radius 3 is 2.73 bits per heavy atom. The molecule has 1 fully saturated rings. The predicted molar refractivity (Wildman–Crippen MR) is 66.8 cm³/mol. The van der Waals surface area contributed by atoms with Gasteiger partial charge in [0.1, 0.15) is 0 Å². The van der Waals surface area contributed by atoms with Crippen molar-refractivity contribution >= 4 is 0 Å². The first-order chi connectivity index (χ1) is 7.03. The summed E-state index contributed by atoms with van der Waals surface area (Å²) >= 11 is 0. The van der Waals surface area contributed by atoms with Crippen LogP contribution in [0.2, 0.25) is 0 Å². The second kappa shape index (κ2) is 3.96. The molecule has 0 radical (unpaired) electrons. The Morgan fingerprint density at radius 2 is 2.07 bits per heavy atom. The maximum absolute atomic E-state index is 2.53. The van der Waals surface area contributed by atoms with Crippen LogP contribution in [0.5, 0.6) is 0 Å². The molecule has 2 aliphatic carbocycles. The Morgan fingerprint density at radius 1 is 1.33 bits per heavy atom. The van der Waals surface area contributed by atoms with E-state index in [2.05, 4.69) is 33.8 Å². The minimum absolute atomic E-state index is 0.643. The predicted octanol–water partition coefficient (Wildman–Crippen LogP) is 4.81. The Balaban J connectivity index is 2.16. The molecule has 15 heavy (non-hydrogen) atoms. The van der Waals surface area contributed by atoms with Crippen molar-refractivity contribution in [3.8, 4) is 0 Å². The topological polar surface area (TPSA) is 0 Å². The average Bonchev–Trinajstić information content (AvgIpc) is 2.17. The normalized spacial score (nSPS) is 41.3. The summed E-state index contributed by atoms with van der Waals surface area (Å²) in [6.45, 7) is 9.69. The molecule has 0 amide bonds. The van der Waals surface area contributed by atoms with E-state index in [1.165, 1.54) is 32.1 Å². The van der Waals surface area contributed by atoms with Gasteiger partial charge in [0.05, 0.1) is 0 Å². The minimum Gasteiger partial charge on any atom is -0.0853 e. The Hall–Kier alpha value is -0.260. The van der Waals surface area contributed by atoms with Gasteiger partial charge in [-0.25, -0.2) is 0 Å². The third kappa shape index (κ3) is 2.00. The highest BCUT2D eigenvalue weighted by Crippen LogP contribution is 2.52. The van der Waals surface area contributed by atoms with Crippen LogP contribution >= 0.6 is 0 Å². The molecule has 0 nitrogen and oxygen atoms in total. The van der Waals surface area contributed by atoms with Crippen molar-refractivity contribution in [3.63, 3.8) is 0 Å². The lowest BCUT2D eigenvalue weighted by Gasteiger charge is -2.48. The van der Waals surface area contributed by atoms with Gasteiger partial charge in [-0.1, -0.05) is 32.4 Å². The highest BCUT2D eigenvalue weighted by molar-refractivity contribution is 5.14. The molecule has 0 unspecified atom stereocenters. The number of allylic oxidation sites excluding steroid dienone is 2. The molecule has 0 heterocycles. The van der Waals surface area contributed by atoms with Crippen molar-refractivity contribution in [1.29, 1.82) is 0 Å². The smallest absolute Gasteiger partial charge is 0.0149 e. The summed E-state index contributed by atoms with van der Waals surface area (Å²) in [5.41, 5.74) is 2.33. The molecule has 0 aromatic carbocycles. The molecule has 0 aromatic rings. The van der Waals surface area contributed by atoms with E-state index < -0.39 is 0 Å². The SMILES string of the molecule is CC1=CCC[C@]2(C)CC[C@@H](C(C)C)C[C@@H]12. The molecule has 2 rings (SSSR count). The van der Waals surface area contributed by atoms with Crippen LogP contribution < -0.4 is 0 Å². The van der Waals surface area contributed by atoms with E-state index in [4.69, 9.17) is 0 Å². The van der Waals surface area contributed by atoms with Crippen LogP contribution in [0, 0.1) is 23.2 Å². The largest absolute Gasteiger partial charge is 0.0853 e. The molecule has 3 atom stereocenters. The molecule has 86 valence electrons. The van der Waals surface area contributed by atoms with Crippen molar-refractivity contribution < 1.29 is 0 Å². The van der Waals surface area contributed by atoms with Crippen LogP contribution in [0.15, 0.2) is 11.6 Å². The average molecular weight is 206 g/mol. The summed E-state index contributed by atoms with van der Waals surface area (Å²) in [6, 6.07) is 0. The Bertz CT molecular complexity index is 261. The van der Waals surface area contributed by atoms with Gasteiger partial charge in [0.25, 0.3) is 0 Å². The van der Waals surface area contributed by atoms with Gasteiger partial charge in [0, 0.05) is 0 Å². The maximum Gasteiger partial charge on any atom is -0.0149 e. The van der Waals surface area contributed by atoms with E-state index in [0.29, 0.717) is 5.41 Å². The van der Waals surface area contributed by atoms with Crippen molar-refractivity contribution in [2.24, 2.45) is 23.2 Å². The third-order valence-corrected chi connectivity index (χ3v) is 5.14. The molecule has 0 aromatic heterocycles. The molecule has 0 N–H and O–H groups in total. The van der Waals surface area contributed by atoms with Crippen molar-refractivity contribution in [1.82, 2.24) is 0 Å². The summed E-state index contributed by atoms with van der Waals surface area (Å²) in [7, 11) is 0. The number of hydrogen-bond acceptors (Lipinski definition) is 0. The fourth-order valence-electron chi connectivity index (χ4n) is 3.81. The van der Waals surface area contributed by atoms with Crippen LogP contribution in [-0.2, 0) is 0 Å². The van der Waals surface area contributed by atoms with Crippen LogP contribution in [0.1, 0.15) is 59.8 Å².